The van der Waals surface area contributed by atoms with E-state index in [1.54, 1.807) is 0 Å². The summed E-state index contributed by atoms with van der Waals surface area (Å²) >= 11 is 0. The van der Waals surface area contributed by atoms with Crippen LogP contribution in [0.3, 0.4) is 0 Å². The molecule has 1 fully saturated rings. The molecule has 0 radical (unpaired) electrons. The number of hydrogen-bond acceptors (Lipinski definition) is 1. The Morgan fingerprint density at radius 2 is 1.73 bits per heavy atom. The summed E-state index contributed by atoms with van der Waals surface area (Å²) in [6.07, 6.45) is -0.329. The van der Waals surface area contributed by atoms with E-state index in [2.05, 4.69) is 13.8 Å². The summed E-state index contributed by atoms with van der Waals surface area (Å²) in [5.74, 6) is 0.162. The summed E-state index contributed by atoms with van der Waals surface area (Å²) in [7, 11) is 0. The van der Waals surface area contributed by atoms with Crippen LogP contribution in [0.4, 0.5) is 13.2 Å². The van der Waals surface area contributed by atoms with Gasteiger partial charge in [0.15, 0.2) is 0 Å². The van der Waals surface area contributed by atoms with Crippen LogP contribution in [-0.4, -0.2) is 12.2 Å². The fourth-order valence-electron chi connectivity index (χ4n) is 2.19. The summed E-state index contributed by atoms with van der Waals surface area (Å²) in [5, 5.41) is 0. The number of nitrogens with two attached hydrogens (primary N) is 1. The maximum atomic E-state index is 12.2. The highest BCUT2D eigenvalue weighted by Gasteiger charge is 2.39. The molecule has 0 saturated heterocycles. The van der Waals surface area contributed by atoms with Gasteiger partial charge >= 0.3 is 6.18 Å². The minimum Gasteiger partial charge on any atom is -0.320 e. The van der Waals surface area contributed by atoms with E-state index < -0.39 is 12.2 Å². The average molecular weight is 223 g/mol. The molecular formula is C11H20F3N. The van der Waals surface area contributed by atoms with Gasteiger partial charge in [-0.3, -0.25) is 0 Å². The third-order valence-electron chi connectivity index (χ3n) is 3.47. The van der Waals surface area contributed by atoms with E-state index in [1.807, 2.05) is 0 Å². The lowest BCUT2D eigenvalue weighted by Crippen LogP contribution is -2.39. The Labute approximate surface area is 89.2 Å². The van der Waals surface area contributed by atoms with Crippen molar-refractivity contribution in [1.29, 1.82) is 0 Å². The average Bonchev–Trinajstić information content (AvgIpc) is 2.07. The molecule has 0 aliphatic heterocycles. The Hall–Kier alpha value is -0.250. The normalized spacial score (nSPS) is 25.2. The molecule has 1 rings (SSSR count). The fourth-order valence-corrected chi connectivity index (χ4v) is 2.19. The van der Waals surface area contributed by atoms with Crippen molar-refractivity contribution in [1.82, 2.24) is 0 Å². The van der Waals surface area contributed by atoms with E-state index in [-0.39, 0.29) is 12.3 Å². The van der Waals surface area contributed by atoms with E-state index in [0.29, 0.717) is 5.41 Å². The number of halogens is 3. The summed E-state index contributed by atoms with van der Waals surface area (Å²) in [4.78, 5) is 0. The number of alkyl halides is 3. The molecule has 90 valence electrons. The topological polar surface area (TPSA) is 26.0 Å². The summed E-state index contributed by atoms with van der Waals surface area (Å²) in [6, 6.07) is -1.64. The predicted molar refractivity (Wildman–Crippen MR) is 54.4 cm³/mol. The fraction of sp³-hybridized carbons (Fsp3) is 1.00. The standard InChI is InChI=1S/C11H20F3N/c1-10(2)5-3-8(4-6-10)7-9(15)11(12,13)14/h8-9H,3-7,15H2,1-2H3. The van der Waals surface area contributed by atoms with Gasteiger partial charge in [0.05, 0.1) is 0 Å². The van der Waals surface area contributed by atoms with Crippen LogP contribution in [0.2, 0.25) is 0 Å². The van der Waals surface area contributed by atoms with Crippen molar-refractivity contribution in [2.75, 3.05) is 0 Å². The van der Waals surface area contributed by atoms with Crippen LogP contribution in [0.5, 0.6) is 0 Å². The zero-order valence-corrected chi connectivity index (χ0v) is 9.40. The zero-order valence-electron chi connectivity index (χ0n) is 9.40. The first-order chi connectivity index (χ1) is 6.71. The van der Waals surface area contributed by atoms with E-state index in [1.165, 1.54) is 0 Å². The maximum Gasteiger partial charge on any atom is 0.403 e. The Balaban J connectivity index is 2.36. The molecule has 2 N–H and O–H groups in total. The van der Waals surface area contributed by atoms with Crippen molar-refractivity contribution in [3.63, 3.8) is 0 Å². The number of rotatable bonds is 2. The SMILES string of the molecule is CC1(C)CCC(CC(N)C(F)(F)F)CC1. The molecule has 1 nitrogen and oxygen atoms in total. The first-order valence-electron chi connectivity index (χ1n) is 5.53. The monoisotopic (exact) mass is 223 g/mol. The van der Waals surface area contributed by atoms with Gasteiger partial charge in [-0.05, 0) is 43.4 Å². The molecule has 0 aromatic heterocycles. The lowest BCUT2D eigenvalue weighted by molar-refractivity contribution is -0.152. The first kappa shape index (κ1) is 12.8. The van der Waals surface area contributed by atoms with Crippen LogP contribution < -0.4 is 5.73 Å². The second-order valence-electron chi connectivity index (χ2n) is 5.49. The third-order valence-corrected chi connectivity index (χ3v) is 3.47. The molecule has 0 heterocycles. The minimum atomic E-state index is -4.23. The van der Waals surface area contributed by atoms with Gasteiger partial charge in [0, 0.05) is 0 Å². The van der Waals surface area contributed by atoms with Crippen LogP contribution in [-0.2, 0) is 0 Å². The Morgan fingerprint density at radius 3 is 2.13 bits per heavy atom. The Bertz CT molecular complexity index is 200. The van der Waals surface area contributed by atoms with Crippen molar-refractivity contribution in [3.05, 3.63) is 0 Å². The van der Waals surface area contributed by atoms with Crippen LogP contribution in [0.15, 0.2) is 0 Å². The van der Waals surface area contributed by atoms with Crippen molar-refractivity contribution in [2.45, 2.75) is 58.2 Å². The highest BCUT2D eigenvalue weighted by atomic mass is 19.4. The highest BCUT2D eigenvalue weighted by Crippen LogP contribution is 2.40. The highest BCUT2D eigenvalue weighted by molar-refractivity contribution is 4.82. The minimum absolute atomic E-state index is 0.0968. The van der Waals surface area contributed by atoms with Crippen LogP contribution in [0, 0.1) is 11.3 Å². The van der Waals surface area contributed by atoms with Gasteiger partial charge in [-0.2, -0.15) is 13.2 Å². The third kappa shape index (κ3) is 4.01. The van der Waals surface area contributed by atoms with Gasteiger partial charge in [0.2, 0.25) is 0 Å². The van der Waals surface area contributed by atoms with Gasteiger partial charge in [-0.25, -0.2) is 0 Å². The van der Waals surface area contributed by atoms with Gasteiger partial charge in [-0.1, -0.05) is 13.8 Å². The molecule has 1 aliphatic carbocycles. The second kappa shape index (κ2) is 4.32. The molecule has 1 atom stereocenters. The molecule has 1 aliphatic rings. The first-order valence-corrected chi connectivity index (χ1v) is 5.53. The maximum absolute atomic E-state index is 12.2. The van der Waals surface area contributed by atoms with Gasteiger partial charge < -0.3 is 5.73 Å². The van der Waals surface area contributed by atoms with Gasteiger partial charge in [0.25, 0.3) is 0 Å². The molecule has 4 heteroatoms. The lowest BCUT2D eigenvalue weighted by Gasteiger charge is -2.35. The van der Waals surface area contributed by atoms with Crippen LogP contribution >= 0.6 is 0 Å². The summed E-state index contributed by atoms with van der Waals surface area (Å²) < 4.78 is 36.7. The quantitative estimate of drug-likeness (QED) is 0.762. The Kier molecular flexibility index (Phi) is 3.69. The van der Waals surface area contributed by atoms with E-state index in [9.17, 15) is 13.2 Å². The molecule has 0 spiro atoms. The molecule has 15 heavy (non-hydrogen) atoms. The van der Waals surface area contributed by atoms with E-state index in [4.69, 9.17) is 5.73 Å². The van der Waals surface area contributed by atoms with E-state index in [0.717, 1.165) is 25.7 Å². The second-order valence-corrected chi connectivity index (χ2v) is 5.49. The molecule has 0 aromatic rings. The molecule has 1 unspecified atom stereocenters. The zero-order chi connectivity index (χ0) is 11.7. The van der Waals surface area contributed by atoms with Gasteiger partial charge in [-0.15, -0.1) is 0 Å². The smallest absolute Gasteiger partial charge is 0.320 e. The van der Waals surface area contributed by atoms with Crippen LogP contribution in [0.1, 0.15) is 46.0 Å². The van der Waals surface area contributed by atoms with Crippen molar-refractivity contribution < 1.29 is 13.2 Å². The van der Waals surface area contributed by atoms with Crippen molar-refractivity contribution in [2.24, 2.45) is 17.1 Å². The van der Waals surface area contributed by atoms with Gasteiger partial charge in [0.1, 0.15) is 6.04 Å². The van der Waals surface area contributed by atoms with Crippen LogP contribution in [0.25, 0.3) is 0 Å². The molecule has 0 bridgehead atoms. The van der Waals surface area contributed by atoms with Crippen molar-refractivity contribution >= 4 is 0 Å². The summed E-state index contributed by atoms with van der Waals surface area (Å²) in [5.41, 5.74) is 5.43. The van der Waals surface area contributed by atoms with Crippen molar-refractivity contribution in [3.8, 4) is 0 Å². The van der Waals surface area contributed by atoms with E-state index >= 15 is 0 Å². The molecule has 0 amide bonds. The Morgan fingerprint density at radius 1 is 1.27 bits per heavy atom. The lowest BCUT2D eigenvalue weighted by atomic mass is 9.71. The number of hydrogen-bond donors (Lipinski definition) is 1. The molecule has 1 saturated carbocycles. The predicted octanol–water partition coefficient (Wildman–Crippen LogP) is 3.48. The summed E-state index contributed by atoms with van der Waals surface area (Å²) in [6.45, 7) is 4.35. The largest absolute Gasteiger partial charge is 0.403 e. The molecular weight excluding hydrogens is 203 g/mol. The molecule has 0 aromatic carbocycles.